The molecule has 0 unspecified atom stereocenters. The number of anilines is 1. The summed E-state index contributed by atoms with van der Waals surface area (Å²) in [6.07, 6.45) is 0. The standard InChI is InChI=1S/C16H18N2O5S/c1-4-22-15(20)14-10(2)17-16(24-14)18-13(19)9-23-12-7-5-6-11(8-12)21-3/h5-8H,4,9H2,1-3H3,(H,17,18,19). The van der Waals surface area contributed by atoms with Crippen molar-refractivity contribution in [1.82, 2.24) is 4.98 Å². The van der Waals surface area contributed by atoms with Gasteiger partial charge in [0.25, 0.3) is 5.91 Å². The lowest BCUT2D eigenvalue weighted by Gasteiger charge is -2.07. The number of esters is 1. The van der Waals surface area contributed by atoms with E-state index in [1.54, 1.807) is 45.2 Å². The molecule has 0 saturated heterocycles. The van der Waals surface area contributed by atoms with E-state index in [9.17, 15) is 9.59 Å². The number of nitrogens with one attached hydrogen (secondary N) is 1. The van der Waals surface area contributed by atoms with Crippen LogP contribution in [-0.4, -0.2) is 37.2 Å². The maximum absolute atomic E-state index is 11.9. The molecule has 0 bridgehead atoms. The molecule has 2 rings (SSSR count). The molecule has 24 heavy (non-hydrogen) atoms. The van der Waals surface area contributed by atoms with Crippen molar-refractivity contribution in [3.63, 3.8) is 0 Å². The molecule has 1 aromatic heterocycles. The number of benzene rings is 1. The Kier molecular flexibility index (Phi) is 6.14. The van der Waals surface area contributed by atoms with Gasteiger partial charge in [0.1, 0.15) is 16.4 Å². The van der Waals surface area contributed by atoms with Crippen LogP contribution in [0.5, 0.6) is 11.5 Å². The summed E-state index contributed by atoms with van der Waals surface area (Å²) in [7, 11) is 1.55. The van der Waals surface area contributed by atoms with Crippen LogP contribution in [-0.2, 0) is 9.53 Å². The summed E-state index contributed by atoms with van der Waals surface area (Å²) in [6, 6.07) is 6.95. The van der Waals surface area contributed by atoms with Gasteiger partial charge < -0.3 is 14.2 Å². The number of rotatable bonds is 7. The van der Waals surface area contributed by atoms with Crippen LogP contribution in [0.1, 0.15) is 22.3 Å². The third kappa shape index (κ3) is 4.69. The third-order valence-corrected chi connectivity index (χ3v) is 3.97. The van der Waals surface area contributed by atoms with Crippen molar-refractivity contribution < 1.29 is 23.8 Å². The summed E-state index contributed by atoms with van der Waals surface area (Å²) in [4.78, 5) is 28.2. The van der Waals surface area contributed by atoms with Gasteiger partial charge in [-0.25, -0.2) is 9.78 Å². The van der Waals surface area contributed by atoms with E-state index in [0.717, 1.165) is 11.3 Å². The Balaban J connectivity index is 1.92. The van der Waals surface area contributed by atoms with Crippen LogP contribution >= 0.6 is 11.3 Å². The molecule has 1 aromatic carbocycles. The van der Waals surface area contributed by atoms with E-state index < -0.39 is 5.97 Å². The molecule has 1 N–H and O–H groups in total. The number of nitrogens with zero attached hydrogens (tertiary/aromatic N) is 1. The van der Waals surface area contributed by atoms with Crippen LogP contribution in [0.25, 0.3) is 0 Å². The lowest BCUT2D eigenvalue weighted by Crippen LogP contribution is -2.20. The highest BCUT2D eigenvalue weighted by Gasteiger charge is 2.17. The fourth-order valence-corrected chi connectivity index (χ4v) is 2.71. The highest BCUT2D eigenvalue weighted by atomic mass is 32.1. The Morgan fingerprint density at radius 3 is 2.75 bits per heavy atom. The van der Waals surface area contributed by atoms with Crippen LogP contribution in [0.4, 0.5) is 5.13 Å². The first-order chi connectivity index (χ1) is 11.5. The number of hydrogen-bond acceptors (Lipinski definition) is 7. The zero-order valence-corrected chi connectivity index (χ0v) is 14.4. The van der Waals surface area contributed by atoms with Gasteiger partial charge >= 0.3 is 5.97 Å². The molecular formula is C16H18N2O5S. The van der Waals surface area contributed by atoms with Crippen molar-refractivity contribution in [1.29, 1.82) is 0 Å². The van der Waals surface area contributed by atoms with E-state index in [4.69, 9.17) is 14.2 Å². The first kappa shape index (κ1) is 17.7. The topological polar surface area (TPSA) is 86.8 Å². The molecular weight excluding hydrogens is 332 g/mol. The molecule has 0 spiro atoms. The predicted molar refractivity (Wildman–Crippen MR) is 89.9 cm³/mol. The SMILES string of the molecule is CCOC(=O)c1sc(NC(=O)COc2cccc(OC)c2)nc1C. The zero-order valence-electron chi connectivity index (χ0n) is 13.6. The molecule has 0 fully saturated rings. The number of ether oxygens (including phenoxy) is 3. The Labute approximate surface area is 143 Å². The molecule has 0 saturated carbocycles. The number of aryl methyl sites for hydroxylation is 1. The molecule has 8 heteroatoms. The van der Waals surface area contributed by atoms with Gasteiger partial charge in [0.15, 0.2) is 11.7 Å². The number of carbonyl (C=O) groups is 2. The second-order valence-corrected chi connectivity index (χ2v) is 5.67. The monoisotopic (exact) mass is 350 g/mol. The van der Waals surface area contributed by atoms with Gasteiger partial charge in [-0.1, -0.05) is 17.4 Å². The summed E-state index contributed by atoms with van der Waals surface area (Å²) < 4.78 is 15.4. The van der Waals surface area contributed by atoms with E-state index in [2.05, 4.69) is 10.3 Å². The van der Waals surface area contributed by atoms with Crippen LogP contribution in [0, 0.1) is 6.92 Å². The average Bonchev–Trinajstić information content (AvgIpc) is 2.93. The average molecular weight is 350 g/mol. The van der Waals surface area contributed by atoms with Crippen molar-refractivity contribution >= 4 is 28.3 Å². The smallest absolute Gasteiger partial charge is 0.350 e. The van der Waals surface area contributed by atoms with E-state index in [1.807, 2.05) is 0 Å². The van der Waals surface area contributed by atoms with E-state index >= 15 is 0 Å². The first-order valence-corrected chi connectivity index (χ1v) is 8.06. The number of methoxy groups -OCH3 is 1. The fourth-order valence-electron chi connectivity index (χ4n) is 1.83. The molecule has 1 amide bonds. The lowest BCUT2D eigenvalue weighted by molar-refractivity contribution is -0.118. The third-order valence-electron chi connectivity index (χ3n) is 2.91. The van der Waals surface area contributed by atoms with Crippen molar-refractivity contribution in [2.45, 2.75) is 13.8 Å². The van der Waals surface area contributed by atoms with Crippen LogP contribution in [0.15, 0.2) is 24.3 Å². The predicted octanol–water partition coefficient (Wildman–Crippen LogP) is 2.65. The second-order valence-electron chi connectivity index (χ2n) is 4.67. The van der Waals surface area contributed by atoms with E-state index in [0.29, 0.717) is 27.2 Å². The van der Waals surface area contributed by atoms with Crippen molar-refractivity contribution in [3.8, 4) is 11.5 Å². The summed E-state index contributed by atoms with van der Waals surface area (Å²) in [6.45, 7) is 3.52. The lowest BCUT2D eigenvalue weighted by atomic mass is 10.3. The van der Waals surface area contributed by atoms with Gasteiger partial charge in [-0.15, -0.1) is 0 Å². The van der Waals surface area contributed by atoms with Gasteiger partial charge in [0, 0.05) is 6.07 Å². The minimum absolute atomic E-state index is 0.180. The van der Waals surface area contributed by atoms with Crippen molar-refractivity contribution in [2.24, 2.45) is 0 Å². The normalized spacial score (nSPS) is 10.1. The Morgan fingerprint density at radius 2 is 2.04 bits per heavy atom. The molecule has 128 valence electrons. The quantitative estimate of drug-likeness (QED) is 0.773. The molecule has 0 aliphatic carbocycles. The van der Waals surface area contributed by atoms with Gasteiger partial charge in [0.2, 0.25) is 0 Å². The zero-order chi connectivity index (χ0) is 17.5. The van der Waals surface area contributed by atoms with Gasteiger partial charge in [-0.05, 0) is 26.0 Å². The Bertz CT molecular complexity index is 729. The molecule has 0 aliphatic heterocycles. The highest BCUT2D eigenvalue weighted by molar-refractivity contribution is 7.17. The number of aromatic nitrogens is 1. The summed E-state index contributed by atoms with van der Waals surface area (Å²) >= 11 is 1.07. The summed E-state index contributed by atoms with van der Waals surface area (Å²) in [5.74, 6) is 0.345. The molecule has 0 atom stereocenters. The molecule has 0 aliphatic rings. The Morgan fingerprint density at radius 1 is 1.29 bits per heavy atom. The Hall–Kier alpha value is -2.61. The molecule has 7 nitrogen and oxygen atoms in total. The number of amides is 1. The van der Waals surface area contributed by atoms with Crippen molar-refractivity contribution in [2.75, 3.05) is 25.6 Å². The summed E-state index contributed by atoms with van der Waals surface area (Å²) in [5, 5.41) is 2.93. The van der Waals surface area contributed by atoms with Crippen LogP contribution in [0.2, 0.25) is 0 Å². The van der Waals surface area contributed by atoms with Crippen molar-refractivity contribution in [3.05, 3.63) is 34.8 Å². The minimum Gasteiger partial charge on any atom is -0.497 e. The highest BCUT2D eigenvalue weighted by Crippen LogP contribution is 2.23. The van der Waals surface area contributed by atoms with Gasteiger partial charge in [-0.3, -0.25) is 10.1 Å². The largest absolute Gasteiger partial charge is 0.497 e. The second kappa shape index (κ2) is 8.30. The number of thiazole rings is 1. The minimum atomic E-state index is -0.444. The van der Waals surface area contributed by atoms with Crippen LogP contribution in [0.3, 0.4) is 0 Å². The van der Waals surface area contributed by atoms with Crippen LogP contribution < -0.4 is 14.8 Å². The molecule has 2 aromatic rings. The maximum Gasteiger partial charge on any atom is 0.350 e. The molecule has 1 heterocycles. The molecule has 0 radical (unpaired) electrons. The van der Waals surface area contributed by atoms with E-state index in [1.165, 1.54) is 0 Å². The number of carbonyl (C=O) groups excluding carboxylic acids is 2. The maximum atomic E-state index is 11.9. The fraction of sp³-hybridized carbons (Fsp3) is 0.312. The summed E-state index contributed by atoms with van der Waals surface area (Å²) in [5.41, 5.74) is 0.516. The van der Waals surface area contributed by atoms with Gasteiger partial charge in [-0.2, -0.15) is 0 Å². The van der Waals surface area contributed by atoms with Gasteiger partial charge in [0.05, 0.1) is 19.4 Å². The number of hydrogen-bond donors (Lipinski definition) is 1. The van der Waals surface area contributed by atoms with E-state index in [-0.39, 0.29) is 19.1 Å². The first-order valence-electron chi connectivity index (χ1n) is 7.24.